The molecule has 2 N–H and O–H groups in total. The summed E-state index contributed by atoms with van der Waals surface area (Å²) < 4.78 is 8.32. The highest BCUT2D eigenvalue weighted by molar-refractivity contribution is 9.12. The van der Waals surface area contributed by atoms with Gasteiger partial charge in [-0.3, -0.25) is 0 Å². The summed E-state index contributed by atoms with van der Waals surface area (Å²) in [6.45, 7) is 0.866. The van der Waals surface area contributed by atoms with Gasteiger partial charge in [0.2, 0.25) is 3.97 Å². The Bertz CT molecular complexity index is 130. The SMILES string of the molecule is OCCOCCOC(Br)C(O)(Cl)Br. The van der Waals surface area contributed by atoms with Gasteiger partial charge in [0.1, 0.15) is 0 Å². The van der Waals surface area contributed by atoms with E-state index in [-0.39, 0.29) is 19.8 Å². The molecule has 0 spiro atoms. The zero-order valence-corrected chi connectivity index (χ0v) is 10.7. The van der Waals surface area contributed by atoms with Crippen LogP contribution in [0.4, 0.5) is 0 Å². The molecule has 0 aliphatic rings. The fraction of sp³-hybridized carbons (Fsp3) is 1.00. The number of aliphatic hydroxyl groups excluding tert-OH is 1. The van der Waals surface area contributed by atoms with Gasteiger partial charge in [-0.2, -0.15) is 0 Å². The maximum atomic E-state index is 9.12. The van der Waals surface area contributed by atoms with Gasteiger partial charge in [-0.25, -0.2) is 0 Å². The lowest BCUT2D eigenvalue weighted by atomic mass is 10.7. The predicted molar refractivity (Wildman–Crippen MR) is 56.3 cm³/mol. The van der Waals surface area contributed by atoms with Gasteiger partial charge in [0.25, 0.3) is 0 Å². The number of hydrogen-bond donors (Lipinski definition) is 2. The van der Waals surface area contributed by atoms with Gasteiger partial charge >= 0.3 is 0 Å². The van der Waals surface area contributed by atoms with Crippen LogP contribution in [0.2, 0.25) is 0 Å². The summed E-state index contributed by atoms with van der Waals surface area (Å²) in [6.07, 6.45) is 0. The number of hydrogen-bond acceptors (Lipinski definition) is 4. The van der Waals surface area contributed by atoms with Crippen molar-refractivity contribution in [3.63, 3.8) is 0 Å². The summed E-state index contributed by atoms with van der Waals surface area (Å²) in [4.78, 5) is 0. The largest absolute Gasteiger partial charge is 0.394 e. The second-order valence-corrected chi connectivity index (χ2v) is 5.18. The van der Waals surface area contributed by atoms with Crippen molar-refractivity contribution in [1.29, 1.82) is 0 Å². The number of alkyl halides is 3. The van der Waals surface area contributed by atoms with Crippen molar-refractivity contribution in [1.82, 2.24) is 0 Å². The minimum atomic E-state index is -1.62. The van der Waals surface area contributed by atoms with E-state index in [0.717, 1.165) is 0 Å². The standard InChI is InChI=1S/C6H11Br2ClO4/c7-5(6(8,9)11)13-4-3-12-2-1-10/h5,10-11H,1-4H2. The lowest BCUT2D eigenvalue weighted by Crippen LogP contribution is -2.28. The molecule has 0 amide bonds. The molecule has 0 aromatic heterocycles. The molecule has 0 aliphatic carbocycles. The van der Waals surface area contributed by atoms with Gasteiger partial charge in [-0.05, 0) is 15.9 Å². The topological polar surface area (TPSA) is 58.9 Å². The van der Waals surface area contributed by atoms with E-state index in [9.17, 15) is 0 Å². The van der Waals surface area contributed by atoms with Gasteiger partial charge in [-0.1, -0.05) is 27.5 Å². The molecule has 0 bridgehead atoms. The van der Waals surface area contributed by atoms with Crippen molar-refractivity contribution < 1.29 is 19.7 Å². The summed E-state index contributed by atoms with van der Waals surface area (Å²) in [5, 5.41) is 16.8. The fourth-order valence-electron chi connectivity index (χ4n) is 0.477. The molecule has 2 atom stereocenters. The first-order valence-corrected chi connectivity index (χ1v) is 5.61. The Morgan fingerprint density at radius 2 is 2.00 bits per heavy atom. The third-order valence-corrected chi connectivity index (χ3v) is 3.42. The Morgan fingerprint density at radius 1 is 1.38 bits per heavy atom. The van der Waals surface area contributed by atoms with Gasteiger partial charge in [0.15, 0.2) is 5.01 Å². The molecule has 2 unspecified atom stereocenters. The Labute approximate surface area is 98.4 Å². The Kier molecular flexibility index (Phi) is 8.01. The molecule has 13 heavy (non-hydrogen) atoms. The van der Waals surface area contributed by atoms with E-state index in [1.165, 1.54) is 0 Å². The minimum Gasteiger partial charge on any atom is -0.394 e. The molecule has 0 heterocycles. The normalized spacial score (nSPS) is 18.2. The highest BCUT2D eigenvalue weighted by atomic mass is 79.9. The van der Waals surface area contributed by atoms with E-state index in [0.29, 0.717) is 6.61 Å². The van der Waals surface area contributed by atoms with Crippen LogP contribution in [0.25, 0.3) is 0 Å². The second kappa shape index (κ2) is 7.39. The van der Waals surface area contributed by atoms with Crippen LogP contribution in [0.1, 0.15) is 0 Å². The Balaban J connectivity index is 3.32. The van der Waals surface area contributed by atoms with Crippen LogP contribution in [-0.2, 0) is 9.47 Å². The summed E-state index contributed by atoms with van der Waals surface area (Å²) in [6, 6.07) is 0. The maximum absolute atomic E-state index is 9.12. The third kappa shape index (κ3) is 8.11. The number of ether oxygens (including phenoxy) is 2. The smallest absolute Gasteiger partial charge is 0.231 e. The van der Waals surface area contributed by atoms with Crippen LogP contribution in [0, 0.1) is 0 Å². The van der Waals surface area contributed by atoms with E-state index in [1.54, 1.807) is 0 Å². The van der Waals surface area contributed by atoms with Crippen LogP contribution >= 0.6 is 43.5 Å². The van der Waals surface area contributed by atoms with E-state index in [2.05, 4.69) is 31.9 Å². The molecule has 0 aliphatic heterocycles. The van der Waals surface area contributed by atoms with Crippen LogP contribution < -0.4 is 0 Å². The Hall–Kier alpha value is 1.09. The summed E-state index contributed by atoms with van der Waals surface area (Å²) in [5.41, 5.74) is 0. The lowest BCUT2D eigenvalue weighted by Gasteiger charge is -2.19. The number of halogens is 3. The summed E-state index contributed by atoms with van der Waals surface area (Å²) in [7, 11) is 0. The van der Waals surface area contributed by atoms with Gasteiger partial charge in [-0.15, -0.1) is 0 Å². The maximum Gasteiger partial charge on any atom is 0.231 e. The van der Waals surface area contributed by atoms with E-state index < -0.39 is 8.98 Å². The van der Waals surface area contributed by atoms with Crippen LogP contribution in [-0.4, -0.2) is 45.6 Å². The summed E-state index contributed by atoms with van der Waals surface area (Å²) >= 11 is 11.2. The van der Waals surface area contributed by atoms with E-state index in [4.69, 9.17) is 31.3 Å². The van der Waals surface area contributed by atoms with Crippen molar-refractivity contribution >= 4 is 43.5 Å². The quantitative estimate of drug-likeness (QED) is 0.536. The van der Waals surface area contributed by atoms with Gasteiger partial charge in [0.05, 0.1) is 26.4 Å². The molecule has 0 rings (SSSR count). The van der Waals surface area contributed by atoms with Crippen LogP contribution in [0.15, 0.2) is 0 Å². The molecule has 0 fully saturated rings. The molecule has 0 aromatic rings. The second-order valence-electron chi connectivity index (χ2n) is 2.11. The first kappa shape index (κ1) is 14.1. The van der Waals surface area contributed by atoms with Gasteiger partial charge in [0, 0.05) is 0 Å². The third-order valence-electron chi connectivity index (χ3n) is 1.00. The first-order chi connectivity index (χ1) is 5.98. The Morgan fingerprint density at radius 3 is 2.46 bits per heavy atom. The zero-order chi connectivity index (χ0) is 10.3. The van der Waals surface area contributed by atoms with Crippen LogP contribution in [0.5, 0.6) is 0 Å². The molecule has 80 valence electrons. The van der Waals surface area contributed by atoms with Crippen molar-refractivity contribution in [3.8, 4) is 0 Å². The minimum absolute atomic E-state index is 0.0182. The molecule has 0 radical (unpaired) electrons. The predicted octanol–water partition coefficient (Wildman–Crippen LogP) is 1.01. The highest BCUT2D eigenvalue weighted by Crippen LogP contribution is 2.29. The number of rotatable bonds is 7. The summed E-state index contributed by atoms with van der Waals surface area (Å²) in [5.74, 6) is 0. The van der Waals surface area contributed by atoms with Crippen molar-refractivity contribution in [2.24, 2.45) is 0 Å². The van der Waals surface area contributed by atoms with Crippen molar-refractivity contribution in [2.75, 3.05) is 26.4 Å². The van der Waals surface area contributed by atoms with Crippen molar-refractivity contribution in [3.05, 3.63) is 0 Å². The molecule has 4 nitrogen and oxygen atoms in total. The first-order valence-electron chi connectivity index (χ1n) is 3.53. The van der Waals surface area contributed by atoms with Gasteiger partial charge < -0.3 is 19.7 Å². The molecular formula is C6H11Br2ClO4. The van der Waals surface area contributed by atoms with E-state index in [1.807, 2.05) is 0 Å². The molecule has 0 aromatic carbocycles. The zero-order valence-electron chi connectivity index (χ0n) is 6.75. The molecule has 0 saturated carbocycles. The molecule has 0 saturated heterocycles. The van der Waals surface area contributed by atoms with E-state index >= 15 is 0 Å². The fourth-order valence-corrected chi connectivity index (χ4v) is 0.859. The van der Waals surface area contributed by atoms with Crippen LogP contribution in [0.3, 0.4) is 0 Å². The van der Waals surface area contributed by atoms with Crippen molar-refractivity contribution in [2.45, 2.75) is 8.98 Å². The molecule has 7 heteroatoms. The molecular weight excluding hydrogens is 331 g/mol. The average Bonchev–Trinajstić information content (AvgIpc) is 2.02. The number of aliphatic hydroxyl groups is 2. The highest BCUT2D eigenvalue weighted by Gasteiger charge is 2.29. The lowest BCUT2D eigenvalue weighted by molar-refractivity contribution is -0.00152. The average molecular weight is 342 g/mol. The monoisotopic (exact) mass is 340 g/mol.